The summed E-state index contributed by atoms with van der Waals surface area (Å²) in [4.78, 5) is 0. The number of rotatable bonds is 3. The van der Waals surface area contributed by atoms with Crippen molar-refractivity contribution in [3.63, 3.8) is 0 Å². The van der Waals surface area contributed by atoms with E-state index in [1.54, 1.807) is 0 Å². The van der Waals surface area contributed by atoms with E-state index in [2.05, 4.69) is 5.32 Å². The molecule has 0 saturated heterocycles. The van der Waals surface area contributed by atoms with Crippen LogP contribution in [0.4, 0.5) is 0 Å². The number of benzene rings is 1. The maximum absolute atomic E-state index is 9.73. The van der Waals surface area contributed by atoms with Crippen molar-refractivity contribution in [3.05, 3.63) is 35.9 Å². The Bertz CT molecular complexity index is 228. The van der Waals surface area contributed by atoms with Crippen LogP contribution in [0.3, 0.4) is 0 Å². The molecule has 1 rings (SSSR count). The number of hydrogen-bond acceptors (Lipinski definition) is 2. The topological polar surface area (TPSA) is 32.3 Å². The van der Waals surface area contributed by atoms with E-state index in [9.17, 15) is 5.11 Å². The van der Waals surface area contributed by atoms with Gasteiger partial charge in [-0.2, -0.15) is 0 Å². The van der Waals surface area contributed by atoms with Crippen molar-refractivity contribution in [2.45, 2.75) is 19.1 Å². The van der Waals surface area contributed by atoms with Crippen LogP contribution in [-0.2, 0) is 19.5 Å². The zero-order valence-corrected chi connectivity index (χ0v) is 11.2. The molecule has 13 heavy (non-hydrogen) atoms. The molecule has 0 aliphatic rings. The summed E-state index contributed by atoms with van der Waals surface area (Å²) >= 11 is 0. The molecule has 0 saturated carbocycles. The van der Waals surface area contributed by atoms with Crippen molar-refractivity contribution >= 4 is 0 Å². The van der Waals surface area contributed by atoms with Gasteiger partial charge in [0.2, 0.25) is 0 Å². The number of aliphatic hydroxyl groups excluding tert-OH is 1. The van der Waals surface area contributed by atoms with Crippen molar-refractivity contribution in [1.29, 1.82) is 0 Å². The minimum atomic E-state index is -0.420. The first kappa shape index (κ1) is 12.8. The first-order valence-corrected chi connectivity index (χ1v) is 4.16. The molecule has 0 fully saturated rings. The van der Waals surface area contributed by atoms with Gasteiger partial charge in [-0.25, -0.2) is 0 Å². The van der Waals surface area contributed by atoms with E-state index in [-0.39, 0.29) is 25.5 Å². The van der Waals surface area contributed by atoms with Crippen LogP contribution in [0.25, 0.3) is 0 Å². The Morgan fingerprint density at radius 2 is 1.77 bits per heavy atom. The van der Waals surface area contributed by atoms with Crippen LogP contribution in [-0.4, -0.2) is 18.2 Å². The molecule has 0 spiro atoms. The molecule has 2 N–H and O–H groups in total. The monoisotopic (exact) mass is 229 g/mol. The van der Waals surface area contributed by atoms with Crippen molar-refractivity contribution in [1.82, 2.24) is 5.32 Å². The molecule has 0 aliphatic carbocycles. The van der Waals surface area contributed by atoms with Crippen molar-refractivity contribution < 1.29 is 24.6 Å². The Labute approximate surface area is 92.1 Å². The third-order valence-corrected chi connectivity index (χ3v) is 2.07. The van der Waals surface area contributed by atoms with E-state index >= 15 is 0 Å². The summed E-state index contributed by atoms with van der Waals surface area (Å²) in [7, 11) is 1.84. The molecule has 1 aromatic rings. The summed E-state index contributed by atoms with van der Waals surface area (Å²) in [6.07, 6.45) is -0.420. The first-order valence-electron chi connectivity index (χ1n) is 4.16. The minimum absolute atomic E-state index is 0. The summed E-state index contributed by atoms with van der Waals surface area (Å²) in [5, 5.41) is 12.7. The van der Waals surface area contributed by atoms with E-state index in [0.717, 1.165) is 5.56 Å². The Balaban J connectivity index is 0.00000144. The van der Waals surface area contributed by atoms with E-state index in [0.29, 0.717) is 0 Å². The third-order valence-electron chi connectivity index (χ3n) is 2.07. The van der Waals surface area contributed by atoms with Crippen LogP contribution in [0.15, 0.2) is 30.3 Å². The van der Waals surface area contributed by atoms with Crippen molar-refractivity contribution in [2.75, 3.05) is 7.05 Å². The van der Waals surface area contributed by atoms with Gasteiger partial charge in [0.15, 0.2) is 0 Å². The summed E-state index contributed by atoms with van der Waals surface area (Å²) in [6, 6.07) is 9.76. The predicted octanol–water partition coefficient (Wildman–Crippen LogP) is 1.33. The van der Waals surface area contributed by atoms with Gasteiger partial charge < -0.3 is 10.4 Å². The molecule has 68 valence electrons. The van der Waals surface area contributed by atoms with Gasteiger partial charge in [0.1, 0.15) is 0 Å². The Morgan fingerprint density at radius 3 is 2.23 bits per heavy atom. The van der Waals surface area contributed by atoms with Gasteiger partial charge in [-0.3, -0.25) is 0 Å². The van der Waals surface area contributed by atoms with Crippen LogP contribution in [0.2, 0.25) is 0 Å². The molecule has 0 radical (unpaired) electrons. The molecule has 0 bridgehead atoms. The van der Waals surface area contributed by atoms with E-state index in [1.807, 2.05) is 44.3 Å². The molecule has 0 aromatic heterocycles. The fourth-order valence-corrected chi connectivity index (χ4v) is 1.10. The third kappa shape index (κ3) is 3.55. The summed E-state index contributed by atoms with van der Waals surface area (Å²) in [6.45, 7) is 1.96. The fraction of sp³-hybridized carbons (Fsp3) is 0.400. The van der Waals surface area contributed by atoms with Gasteiger partial charge in [0.05, 0.1) is 6.10 Å². The number of hydrogen-bond donors (Lipinski definition) is 2. The molecule has 0 heterocycles. The fourth-order valence-electron chi connectivity index (χ4n) is 1.10. The van der Waals surface area contributed by atoms with E-state index in [1.165, 1.54) is 0 Å². The van der Waals surface area contributed by atoms with Crippen LogP contribution in [0, 0.1) is 0 Å². The minimum Gasteiger partial charge on any atom is -0.387 e. The van der Waals surface area contributed by atoms with E-state index in [4.69, 9.17) is 0 Å². The van der Waals surface area contributed by atoms with Gasteiger partial charge in [-0.1, -0.05) is 30.3 Å². The number of nitrogens with one attached hydrogen (secondary N) is 1. The second-order valence-electron chi connectivity index (χ2n) is 2.93. The molecular weight excluding hydrogens is 216 g/mol. The normalized spacial score (nSPS) is 14.4. The van der Waals surface area contributed by atoms with Gasteiger partial charge >= 0.3 is 0 Å². The molecule has 3 heteroatoms. The van der Waals surface area contributed by atoms with Crippen LogP contribution >= 0.6 is 0 Å². The number of aliphatic hydroxyl groups is 1. The van der Waals surface area contributed by atoms with Crippen LogP contribution in [0.1, 0.15) is 18.6 Å². The van der Waals surface area contributed by atoms with Gasteiger partial charge in [-0.05, 0) is 19.5 Å². The van der Waals surface area contributed by atoms with Crippen LogP contribution < -0.4 is 5.32 Å². The smallest absolute Gasteiger partial charge is 0.0940 e. The molecule has 2 nitrogen and oxygen atoms in total. The number of likely N-dealkylation sites (N-methyl/N-ethyl adjacent to an activating group) is 1. The average molecular weight is 231 g/mol. The van der Waals surface area contributed by atoms with E-state index < -0.39 is 6.10 Å². The summed E-state index contributed by atoms with van der Waals surface area (Å²) in [5.74, 6) is 0. The molecule has 1 aromatic carbocycles. The van der Waals surface area contributed by atoms with Gasteiger partial charge in [-0.15, -0.1) is 0 Å². The second kappa shape index (κ2) is 6.25. The second-order valence-corrected chi connectivity index (χ2v) is 2.93. The Morgan fingerprint density at radius 1 is 1.23 bits per heavy atom. The van der Waals surface area contributed by atoms with Crippen LogP contribution in [0.5, 0.6) is 0 Å². The largest absolute Gasteiger partial charge is 0.387 e. The zero-order chi connectivity index (χ0) is 8.97. The Hall–Kier alpha value is -0.237. The molecule has 0 amide bonds. The standard InChI is InChI=1S/C10H15NO.Zn/c1-8(11-2)10(12)9-6-4-3-5-7-9;/h3-8,10-12H,1-2H3;/t8-,10-;/m0./s1. The Kier molecular flexibility index (Phi) is 6.14. The zero-order valence-electron chi connectivity index (χ0n) is 8.20. The van der Waals surface area contributed by atoms with Gasteiger partial charge in [0.25, 0.3) is 0 Å². The molecule has 0 unspecified atom stereocenters. The summed E-state index contributed by atoms with van der Waals surface area (Å²) in [5.41, 5.74) is 0.958. The predicted molar refractivity (Wildman–Crippen MR) is 49.9 cm³/mol. The molecular formula is C10H15NOZn. The van der Waals surface area contributed by atoms with Crippen molar-refractivity contribution in [2.24, 2.45) is 0 Å². The first-order chi connectivity index (χ1) is 5.75. The maximum Gasteiger partial charge on any atom is 0.0940 e. The quantitative estimate of drug-likeness (QED) is 0.768. The van der Waals surface area contributed by atoms with Gasteiger partial charge in [0, 0.05) is 25.5 Å². The molecule has 0 aliphatic heterocycles. The average Bonchev–Trinajstić information content (AvgIpc) is 2.17. The molecule has 2 atom stereocenters. The SMILES string of the molecule is CN[C@@H](C)[C@H](O)c1ccccc1.[Zn]. The maximum atomic E-state index is 9.73. The van der Waals surface area contributed by atoms with Crippen molar-refractivity contribution in [3.8, 4) is 0 Å². The summed E-state index contributed by atoms with van der Waals surface area (Å²) < 4.78 is 0.